The molecule has 2 aromatic heterocycles. The van der Waals surface area contributed by atoms with E-state index in [0.29, 0.717) is 17.0 Å². The molecule has 308 valence electrons. The molecule has 0 bridgehead atoms. The van der Waals surface area contributed by atoms with Gasteiger partial charge in [-0.3, -0.25) is 0 Å². The first-order valence-electron chi connectivity index (χ1n) is 20.9. The number of para-hydroxylation sites is 2. The summed E-state index contributed by atoms with van der Waals surface area (Å²) in [6.07, 6.45) is 6.13. The van der Waals surface area contributed by atoms with Crippen LogP contribution in [-0.2, 0) is 0 Å². The number of furan rings is 1. The maximum Gasteiger partial charge on any atom is 0.206 e. The number of anilines is 3. The van der Waals surface area contributed by atoms with E-state index in [1.54, 1.807) is 11.8 Å². The van der Waals surface area contributed by atoms with Crippen molar-refractivity contribution in [3.8, 4) is 39.8 Å². The van der Waals surface area contributed by atoms with Gasteiger partial charge in [0.05, 0.1) is 16.7 Å². The quantitative estimate of drug-likeness (QED) is 0.0691. The van der Waals surface area contributed by atoms with Gasteiger partial charge in [-0.05, 0) is 145 Å². The Kier molecular flexibility index (Phi) is 9.34. The van der Waals surface area contributed by atoms with Gasteiger partial charge in [-0.2, -0.15) is 0 Å². The minimum absolute atomic E-state index is 0.122. The van der Waals surface area contributed by atoms with E-state index in [2.05, 4.69) is 104 Å². The molecule has 0 radical (unpaired) electrons. The molecule has 7 nitrogen and oxygen atoms in total. The maximum absolute atomic E-state index is 11.4. The van der Waals surface area contributed by atoms with Crippen LogP contribution in [0.1, 0.15) is 30.5 Å². The van der Waals surface area contributed by atoms with Crippen LogP contribution in [-0.4, -0.2) is 25.0 Å². The second kappa shape index (κ2) is 15.1. The summed E-state index contributed by atoms with van der Waals surface area (Å²) in [7, 11) is 0. The fourth-order valence-corrected chi connectivity index (χ4v) is 9.28. The lowest BCUT2D eigenvalue weighted by Gasteiger charge is -2.28. The second-order valence-corrected chi connectivity index (χ2v) is 16.1. The summed E-state index contributed by atoms with van der Waals surface area (Å²) < 4.78 is 8.46. The predicted octanol–water partition coefficient (Wildman–Crippen LogP) is 14.9. The lowest BCUT2D eigenvalue weighted by atomic mass is 9.91. The molecule has 0 amide bonds. The molecular weight excluding hydrogens is 781 g/mol. The zero-order valence-corrected chi connectivity index (χ0v) is 35.3. The molecular formula is C56H44N2O5. The Morgan fingerprint density at radius 1 is 0.587 bits per heavy atom. The van der Waals surface area contributed by atoms with Gasteiger partial charge in [0.1, 0.15) is 11.2 Å². The van der Waals surface area contributed by atoms with Crippen LogP contribution in [0, 0.1) is 13.8 Å². The van der Waals surface area contributed by atoms with Crippen LogP contribution in [0.3, 0.4) is 0 Å². The van der Waals surface area contributed by atoms with Gasteiger partial charge in [-0.25, -0.2) is 0 Å². The standard InChI is InChI=1S/C56H44N2O5/c1-6-13-32(3)41(7-2)42-25-20-37-29-46-45-28-36(21-26-48(45)58(38-14-9-8-10-15-38)49(46)31-44(37)33(42)4)35-18-22-39(23-19-35)57(52-34(5)53(59)55(61)56(62)54(52)60)40-24-27-51-47(30-40)43-16-11-12-17-50(43)63-51/h6-31,59-62H,2H2,1,3-5H3/b13-6-,41-32+. The smallest absolute Gasteiger partial charge is 0.206 e. The molecule has 0 aliphatic rings. The average molecular weight is 825 g/mol. The molecule has 0 saturated heterocycles. The largest absolute Gasteiger partial charge is 0.504 e. The first-order valence-corrected chi connectivity index (χ1v) is 20.9. The number of phenols is 4. The molecule has 0 aliphatic carbocycles. The minimum Gasteiger partial charge on any atom is -0.504 e. The number of allylic oxidation sites excluding steroid dienone is 5. The molecule has 63 heavy (non-hydrogen) atoms. The Hall–Kier alpha value is -8.16. The van der Waals surface area contributed by atoms with Crippen LogP contribution in [0.15, 0.2) is 174 Å². The Morgan fingerprint density at radius 3 is 2.03 bits per heavy atom. The number of nitrogens with zero attached hydrogens (tertiary/aromatic N) is 2. The Labute approximate surface area is 364 Å². The number of aromatic nitrogens is 1. The van der Waals surface area contributed by atoms with Crippen molar-refractivity contribution in [3.63, 3.8) is 0 Å². The third-order valence-corrected chi connectivity index (χ3v) is 12.4. The number of rotatable bonds is 8. The van der Waals surface area contributed by atoms with Gasteiger partial charge in [0.2, 0.25) is 11.5 Å². The van der Waals surface area contributed by atoms with Crippen molar-refractivity contribution >= 4 is 77.2 Å². The van der Waals surface area contributed by atoms with E-state index in [0.717, 1.165) is 65.9 Å². The van der Waals surface area contributed by atoms with Gasteiger partial charge in [-0.1, -0.05) is 91.5 Å². The van der Waals surface area contributed by atoms with Gasteiger partial charge < -0.3 is 34.3 Å². The van der Waals surface area contributed by atoms with Crippen LogP contribution in [0.5, 0.6) is 23.0 Å². The molecule has 0 unspecified atom stereocenters. The van der Waals surface area contributed by atoms with Crippen molar-refractivity contribution in [3.05, 3.63) is 187 Å². The number of aryl methyl sites for hydroxylation is 1. The monoisotopic (exact) mass is 824 g/mol. The fraction of sp³-hybridized carbons (Fsp3) is 0.0714. The van der Waals surface area contributed by atoms with Gasteiger partial charge in [-0.15, -0.1) is 0 Å². The van der Waals surface area contributed by atoms with Gasteiger partial charge in [0.15, 0.2) is 11.5 Å². The molecule has 7 heteroatoms. The zero-order valence-electron chi connectivity index (χ0n) is 35.3. The van der Waals surface area contributed by atoms with E-state index in [-0.39, 0.29) is 11.3 Å². The summed E-state index contributed by atoms with van der Waals surface area (Å²) in [5.41, 5.74) is 12.9. The summed E-state index contributed by atoms with van der Waals surface area (Å²) in [5.74, 6) is -2.69. The normalized spacial score (nSPS) is 12.3. The number of fused-ring (bicyclic) bond motifs is 7. The lowest BCUT2D eigenvalue weighted by Crippen LogP contribution is -2.12. The van der Waals surface area contributed by atoms with Crippen molar-refractivity contribution in [2.75, 3.05) is 4.90 Å². The van der Waals surface area contributed by atoms with Crippen molar-refractivity contribution < 1.29 is 24.8 Å². The SMILES string of the molecule is C=C/C(=C(C)\C=C/C)c1ccc2cc3c4cc(-c5ccc(N(c6ccc7oc8ccccc8c7c6)c6c(C)c(O)c(O)c(O)c6O)cc5)ccc4n(-c4ccccc4)c3cc2c1C. The molecule has 0 atom stereocenters. The van der Waals surface area contributed by atoms with E-state index >= 15 is 0 Å². The Bertz CT molecular complexity index is 3520. The number of phenolic OH excluding ortho intramolecular Hbond substituents is 4. The van der Waals surface area contributed by atoms with E-state index in [4.69, 9.17) is 4.42 Å². The third kappa shape index (κ3) is 6.19. The fourth-order valence-electron chi connectivity index (χ4n) is 9.28. The van der Waals surface area contributed by atoms with Crippen LogP contribution in [0.25, 0.3) is 76.9 Å². The number of hydrogen-bond donors (Lipinski definition) is 4. The number of benzene rings is 8. The van der Waals surface area contributed by atoms with E-state index < -0.39 is 23.0 Å². The van der Waals surface area contributed by atoms with E-state index in [1.807, 2.05) is 85.8 Å². The topological polar surface area (TPSA) is 102 Å². The summed E-state index contributed by atoms with van der Waals surface area (Å²) in [4.78, 5) is 1.76. The summed E-state index contributed by atoms with van der Waals surface area (Å²) in [6, 6.07) is 47.5. The molecule has 0 aliphatic heterocycles. The molecule has 0 saturated carbocycles. The highest BCUT2D eigenvalue weighted by Gasteiger charge is 2.28. The number of aromatic hydroxyl groups is 4. The molecule has 8 aromatic carbocycles. The molecule has 10 rings (SSSR count). The first-order chi connectivity index (χ1) is 30.6. The van der Waals surface area contributed by atoms with Crippen LogP contribution in [0.2, 0.25) is 0 Å². The van der Waals surface area contributed by atoms with E-state index in [1.165, 1.54) is 22.1 Å². The predicted molar refractivity (Wildman–Crippen MR) is 259 cm³/mol. The van der Waals surface area contributed by atoms with Gasteiger partial charge in [0.25, 0.3) is 0 Å². The van der Waals surface area contributed by atoms with Crippen LogP contribution < -0.4 is 4.90 Å². The lowest BCUT2D eigenvalue weighted by molar-refractivity contribution is 0.345. The molecule has 10 aromatic rings. The third-order valence-electron chi connectivity index (χ3n) is 12.4. The van der Waals surface area contributed by atoms with Gasteiger partial charge >= 0.3 is 0 Å². The maximum atomic E-state index is 11.4. The number of hydrogen-bond acceptors (Lipinski definition) is 6. The van der Waals surface area contributed by atoms with Gasteiger partial charge in [0, 0.05) is 44.2 Å². The van der Waals surface area contributed by atoms with Crippen molar-refractivity contribution in [1.29, 1.82) is 0 Å². The Balaban J connectivity index is 1.13. The molecule has 0 fully saturated rings. The average Bonchev–Trinajstić information content (AvgIpc) is 3.84. The highest BCUT2D eigenvalue weighted by atomic mass is 16.3. The first kappa shape index (κ1) is 39.0. The van der Waals surface area contributed by atoms with Crippen molar-refractivity contribution in [2.24, 2.45) is 0 Å². The second-order valence-electron chi connectivity index (χ2n) is 16.1. The molecule has 2 heterocycles. The van der Waals surface area contributed by atoms with E-state index in [9.17, 15) is 20.4 Å². The summed E-state index contributed by atoms with van der Waals surface area (Å²) in [6.45, 7) is 12.1. The highest BCUT2D eigenvalue weighted by molar-refractivity contribution is 6.15. The summed E-state index contributed by atoms with van der Waals surface area (Å²) in [5, 5.41) is 50.0. The minimum atomic E-state index is -0.811. The van der Waals surface area contributed by atoms with Crippen molar-refractivity contribution in [2.45, 2.75) is 27.7 Å². The Morgan fingerprint density at radius 2 is 1.27 bits per heavy atom. The zero-order chi connectivity index (χ0) is 43.7. The summed E-state index contributed by atoms with van der Waals surface area (Å²) >= 11 is 0. The molecule has 4 N–H and O–H groups in total. The van der Waals surface area contributed by atoms with Crippen LogP contribution >= 0.6 is 0 Å². The van der Waals surface area contributed by atoms with Crippen LogP contribution in [0.4, 0.5) is 17.1 Å². The molecule has 0 spiro atoms. The van der Waals surface area contributed by atoms with Crippen molar-refractivity contribution in [1.82, 2.24) is 4.57 Å². The highest BCUT2D eigenvalue weighted by Crippen LogP contribution is 2.54.